The minimum Gasteiger partial charge on any atom is -0.611 e. The zero-order valence-electron chi connectivity index (χ0n) is 8.45. The third-order valence-electron chi connectivity index (χ3n) is 1.87. The van der Waals surface area contributed by atoms with Gasteiger partial charge in [0.2, 0.25) is 0 Å². The molecule has 0 fully saturated rings. The SMILES string of the molecule is CC[S+]([O-])c1ccc(C(=O)OC)c(Cl)c1. The first kappa shape index (κ1) is 12.4. The number of rotatable bonds is 3. The molecule has 0 saturated carbocycles. The van der Waals surface area contributed by atoms with E-state index in [0.717, 1.165) is 0 Å². The Hall–Kier alpha value is -0.710. The van der Waals surface area contributed by atoms with Crippen LogP contribution in [0.2, 0.25) is 5.02 Å². The highest BCUT2D eigenvalue weighted by Crippen LogP contribution is 2.22. The summed E-state index contributed by atoms with van der Waals surface area (Å²) in [5.41, 5.74) is 0.288. The van der Waals surface area contributed by atoms with E-state index in [1.165, 1.54) is 19.2 Å². The summed E-state index contributed by atoms with van der Waals surface area (Å²) in [4.78, 5) is 11.8. The number of hydrogen-bond acceptors (Lipinski definition) is 3. The highest BCUT2D eigenvalue weighted by molar-refractivity contribution is 7.91. The van der Waals surface area contributed by atoms with Gasteiger partial charge in [0.15, 0.2) is 4.90 Å². The van der Waals surface area contributed by atoms with Gasteiger partial charge in [-0.3, -0.25) is 0 Å². The fourth-order valence-corrected chi connectivity index (χ4v) is 2.20. The molecule has 0 N–H and O–H groups in total. The van der Waals surface area contributed by atoms with Crippen LogP contribution in [0.1, 0.15) is 17.3 Å². The molecule has 0 saturated heterocycles. The van der Waals surface area contributed by atoms with E-state index in [1.807, 2.05) is 6.92 Å². The van der Waals surface area contributed by atoms with E-state index >= 15 is 0 Å². The van der Waals surface area contributed by atoms with Crippen molar-refractivity contribution in [3.05, 3.63) is 28.8 Å². The first-order valence-electron chi connectivity index (χ1n) is 4.36. The second kappa shape index (κ2) is 5.39. The van der Waals surface area contributed by atoms with Crippen molar-refractivity contribution in [1.82, 2.24) is 0 Å². The summed E-state index contributed by atoms with van der Waals surface area (Å²) in [6.07, 6.45) is 0. The van der Waals surface area contributed by atoms with Crippen LogP contribution < -0.4 is 0 Å². The van der Waals surface area contributed by atoms with Crippen LogP contribution in [0.3, 0.4) is 0 Å². The van der Waals surface area contributed by atoms with E-state index < -0.39 is 17.1 Å². The van der Waals surface area contributed by atoms with Gasteiger partial charge in [0.1, 0.15) is 5.75 Å². The Balaban J connectivity index is 3.03. The average Bonchev–Trinajstić information content (AvgIpc) is 2.26. The average molecular weight is 247 g/mol. The largest absolute Gasteiger partial charge is 0.611 e. The van der Waals surface area contributed by atoms with Crippen molar-refractivity contribution in [2.45, 2.75) is 11.8 Å². The first-order chi connectivity index (χ1) is 7.10. The summed E-state index contributed by atoms with van der Waals surface area (Å²) in [5.74, 6) is 0.0299. The monoisotopic (exact) mass is 246 g/mol. The Kier molecular flexibility index (Phi) is 4.45. The van der Waals surface area contributed by atoms with Crippen molar-refractivity contribution >= 4 is 28.7 Å². The van der Waals surface area contributed by atoms with Crippen LogP contribution in [0.5, 0.6) is 0 Å². The number of carbonyl (C=O) groups excluding carboxylic acids is 1. The molecule has 5 heteroatoms. The van der Waals surface area contributed by atoms with E-state index in [1.54, 1.807) is 6.07 Å². The molecule has 1 aromatic carbocycles. The lowest BCUT2D eigenvalue weighted by Crippen LogP contribution is -2.06. The zero-order valence-corrected chi connectivity index (χ0v) is 10.0. The van der Waals surface area contributed by atoms with Crippen LogP contribution in [0.25, 0.3) is 0 Å². The fraction of sp³-hybridized carbons (Fsp3) is 0.300. The molecule has 3 nitrogen and oxygen atoms in total. The smallest absolute Gasteiger partial charge is 0.339 e. The van der Waals surface area contributed by atoms with Crippen molar-refractivity contribution < 1.29 is 14.1 Å². The van der Waals surface area contributed by atoms with Crippen LogP contribution in [0.15, 0.2) is 23.1 Å². The van der Waals surface area contributed by atoms with Gasteiger partial charge in [-0.2, -0.15) is 0 Å². The topological polar surface area (TPSA) is 49.4 Å². The summed E-state index contributed by atoms with van der Waals surface area (Å²) in [6.45, 7) is 1.82. The van der Waals surface area contributed by atoms with Gasteiger partial charge >= 0.3 is 5.97 Å². The molecule has 0 bridgehead atoms. The molecule has 1 unspecified atom stereocenters. The van der Waals surface area contributed by atoms with E-state index in [2.05, 4.69) is 4.74 Å². The van der Waals surface area contributed by atoms with Crippen molar-refractivity contribution in [2.24, 2.45) is 0 Å². The molecule has 0 aliphatic heterocycles. The van der Waals surface area contributed by atoms with Gasteiger partial charge in [0, 0.05) is 6.07 Å². The molecule has 0 heterocycles. The minimum absolute atomic E-state index is 0.265. The summed E-state index contributed by atoms with van der Waals surface area (Å²) in [7, 11) is 1.29. The molecule has 0 spiro atoms. The Morgan fingerprint density at radius 3 is 2.73 bits per heavy atom. The second-order valence-electron chi connectivity index (χ2n) is 2.77. The van der Waals surface area contributed by atoms with Gasteiger partial charge in [0.05, 0.1) is 17.7 Å². The third kappa shape index (κ3) is 2.87. The fourth-order valence-electron chi connectivity index (χ4n) is 1.08. The van der Waals surface area contributed by atoms with Crippen LogP contribution >= 0.6 is 11.6 Å². The van der Waals surface area contributed by atoms with Gasteiger partial charge in [-0.05, 0) is 30.2 Å². The summed E-state index contributed by atoms with van der Waals surface area (Å²) < 4.78 is 16.0. The highest BCUT2D eigenvalue weighted by atomic mass is 35.5. The standard InChI is InChI=1S/C10H11ClO3S/c1-3-15(13)7-4-5-8(9(11)6-7)10(12)14-2/h4-6H,3H2,1-2H3. The lowest BCUT2D eigenvalue weighted by molar-refractivity contribution is 0.0601. The maximum atomic E-state index is 11.5. The lowest BCUT2D eigenvalue weighted by Gasteiger charge is -2.09. The van der Waals surface area contributed by atoms with Gasteiger partial charge < -0.3 is 9.29 Å². The van der Waals surface area contributed by atoms with Crippen molar-refractivity contribution in [3.63, 3.8) is 0 Å². The Labute approximate surface area is 96.6 Å². The summed E-state index contributed by atoms with van der Waals surface area (Å²) in [5, 5.41) is 0.265. The highest BCUT2D eigenvalue weighted by Gasteiger charge is 2.15. The number of ether oxygens (including phenoxy) is 1. The van der Waals surface area contributed by atoms with Crippen LogP contribution in [0, 0.1) is 0 Å². The van der Waals surface area contributed by atoms with E-state index in [-0.39, 0.29) is 10.6 Å². The van der Waals surface area contributed by atoms with Crippen LogP contribution in [-0.4, -0.2) is 23.4 Å². The van der Waals surface area contributed by atoms with Gasteiger partial charge in [-0.25, -0.2) is 4.79 Å². The Bertz CT molecular complexity index is 368. The number of esters is 1. The van der Waals surface area contributed by atoms with Crippen molar-refractivity contribution in [3.8, 4) is 0 Å². The molecule has 0 radical (unpaired) electrons. The number of carbonyl (C=O) groups is 1. The van der Waals surface area contributed by atoms with Crippen LogP contribution in [-0.2, 0) is 15.9 Å². The van der Waals surface area contributed by atoms with Crippen molar-refractivity contribution in [2.75, 3.05) is 12.9 Å². The summed E-state index contributed by atoms with van der Waals surface area (Å²) >= 11 is 4.81. The molecular formula is C10H11ClO3S. The molecule has 82 valence electrons. The van der Waals surface area contributed by atoms with Gasteiger partial charge in [-0.1, -0.05) is 11.6 Å². The quantitative estimate of drug-likeness (QED) is 0.607. The number of methoxy groups -OCH3 is 1. The third-order valence-corrected chi connectivity index (χ3v) is 3.49. The second-order valence-corrected chi connectivity index (χ2v) is 4.91. The zero-order chi connectivity index (χ0) is 11.4. The van der Waals surface area contributed by atoms with Crippen molar-refractivity contribution in [1.29, 1.82) is 0 Å². The molecule has 1 rings (SSSR count). The molecule has 1 aromatic rings. The predicted molar refractivity (Wildman–Crippen MR) is 59.7 cm³/mol. The lowest BCUT2D eigenvalue weighted by atomic mass is 10.2. The van der Waals surface area contributed by atoms with E-state index in [4.69, 9.17) is 11.6 Å². The molecule has 0 aromatic heterocycles. The Morgan fingerprint density at radius 2 is 2.27 bits per heavy atom. The van der Waals surface area contributed by atoms with Gasteiger partial charge in [-0.15, -0.1) is 0 Å². The normalized spacial score (nSPS) is 12.3. The molecule has 0 aliphatic rings. The molecule has 0 aliphatic carbocycles. The molecule has 1 atom stereocenters. The molecule has 0 amide bonds. The minimum atomic E-state index is -1.06. The number of halogens is 1. The molecule has 15 heavy (non-hydrogen) atoms. The summed E-state index contributed by atoms with van der Waals surface area (Å²) in [6, 6.07) is 4.68. The van der Waals surface area contributed by atoms with Gasteiger partial charge in [0.25, 0.3) is 0 Å². The predicted octanol–water partition coefficient (Wildman–Crippen LogP) is 2.25. The maximum Gasteiger partial charge on any atom is 0.339 e. The number of benzene rings is 1. The first-order valence-corrected chi connectivity index (χ1v) is 6.06. The van der Waals surface area contributed by atoms with E-state index in [0.29, 0.717) is 10.6 Å². The molecular weight excluding hydrogens is 236 g/mol. The maximum absolute atomic E-state index is 11.5. The van der Waals surface area contributed by atoms with Crippen LogP contribution in [0.4, 0.5) is 0 Å². The number of hydrogen-bond donors (Lipinski definition) is 0. The Morgan fingerprint density at radius 1 is 1.60 bits per heavy atom. The van der Waals surface area contributed by atoms with E-state index in [9.17, 15) is 9.35 Å².